The Balaban J connectivity index is 2.75. The average Bonchev–Trinajstić information content (AvgIpc) is 2.26. The van der Waals surface area contributed by atoms with Gasteiger partial charge in [0.15, 0.2) is 0 Å². The highest BCUT2D eigenvalue weighted by Gasteiger charge is 2.08. The van der Waals surface area contributed by atoms with Gasteiger partial charge < -0.3 is 5.73 Å². The molecule has 0 aliphatic heterocycles. The molecule has 17 heavy (non-hydrogen) atoms. The predicted molar refractivity (Wildman–Crippen MR) is 69.0 cm³/mol. The molecule has 5 heteroatoms. The summed E-state index contributed by atoms with van der Waals surface area (Å²) < 4.78 is 1.43. The van der Waals surface area contributed by atoms with E-state index in [-0.39, 0.29) is 5.82 Å². The fourth-order valence-electron chi connectivity index (χ4n) is 2.04. The maximum Gasteiger partial charge on any atom is 0.329 e. The molecule has 0 spiro atoms. The van der Waals surface area contributed by atoms with Crippen LogP contribution in [0.25, 0.3) is 0 Å². The number of anilines is 1. The van der Waals surface area contributed by atoms with Gasteiger partial charge in [-0.3, -0.25) is 14.3 Å². The highest BCUT2D eigenvalue weighted by molar-refractivity contribution is 5.25. The van der Waals surface area contributed by atoms with Crippen LogP contribution in [0.4, 0.5) is 5.82 Å². The molecule has 0 amide bonds. The molecule has 5 nitrogen and oxygen atoms in total. The van der Waals surface area contributed by atoms with Crippen LogP contribution in [0.2, 0.25) is 0 Å². The summed E-state index contributed by atoms with van der Waals surface area (Å²) >= 11 is 0. The Labute approximate surface area is 101 Å². The Morgan fingerprint density at radius 3 is 2.59 bits per heavy atom. The first kappa shape index (κ1) is 13.5. The van der Waals surface area contributed by atoms with E-state index in [9.17, 15) is 9.59 Å². The van der Waals surface area contributed by atoms with Crippen LogP contribution in [0, 0.1) is 5.92 Å². The van der Waals surface area contributed by atoms with Gasteiger partial charge in [0.2, 0.25) is 0 Å². The van der Waals surface area contributed by atoms with Crippen LogP contribution in [0.3, 0.4) is 0 Å². The van der Waals surface area contributed by atoms with E-state index in [2.05, 4.69) is 18.8 Å². The summed E-state index contributed by atoms with van der Waals surface area (Å²) in [5, 5.41) is 0. The van der Waals surface area contributed by atoms with Crippen LogP contribution >= 0.6 is 0 Å². The molecule has 1 unspecified atom stereocenters. The van der Waals surface area contributed by atoms with Gasteiger partial charge in [0.1, 0.15) is 5.82 Å². The van der Waals surface area contributed by atoms with Crippen molar-refractivity contribution >= 4 is 5.82 Å². The fraction of sp³-hybridized carbons (Fsp3) is 0.667. The molecule has 0 fully saturated rings. The third-order valence-electron chi connectivity index (χ3n) is 3.10. The first-order valence-corrected chi connectivity index (χ1v) is 6.18. The summed E-state index contributed by atoms with van der Waals surface area (Å²) in [7, 11) is 0. The van der Waals surface area contributed by atoms with Crippen molar-refractivity contribution in [2.24, 2.45) is 5.92 Å². The molecule has 3 N–H and O–H groups in total. The molecular formula is C12H21N3O2. The second kappa shape index (κ2) is 6.27. The van der Waals surface area contributed by atoms with Crippen molar-refractivity contribution in [3.63, 3.8) is 0 Å². The Morgan fingerprint density at radius 2 is 2.06 bits per heavy atom. The standard InChI is InChI=1S/C12H21N3O2/c1-3-5-9(4-2)6-7-15-10(13)8-11(16)14-12(15)17/h8-9H,3-7,13H2,1-2H3,(H,14,16,17). The minimum Gasteiger partial charge on any atom is -0.385 e. The van der Waals surface area contributed by atoms with Gasteiger partial charge in [0.25, 0.3) is 5.56 Å². The van der Waals surface area contributed by atoms with Crippen LogP contribution in [0.5, 0.6) is 0 Å². The lowest BCUT2D eigenvalue weighted by atomic mass is 9.97. The van der Waals surface area contributed by atoms with Crippen LogP contribution in [-0.4, -0.2) is 9.55 Å². The summed E-state index contributed by atoms with van der Waals surface area (Å²) in [6, 6.07) is 1.25. The van der Waals surface area contributed by atoms with Crippen LogP contribution in [-0.2, 0) is 6.54 Å². The summed E-state index contributed by atoms with van der Waals surface area (Å²) in [5.74, 6) is 0.850. The number of nitrogens with zero attached hydrogens (tertiary/aromatic N) is 1. The lowest BCUT2D eigenvalue weighted by Gasteiger charge is -2.15. The van der Waals surface area contributed by atoms with Crippen molar-refractivity contribution < 1.29 is 0 Å². The zero-order chi connectivity index (χ0) is 12.8. The van der Waals surface area contributed by atoms with Crippen molar-refractivity contribution in [1.82, 2.24) is 9.55 Å². The molecule has 0 saturated carbocycles. The zero-order valence-corrected chi connectivity index (χ0v) is 10.5. The highest BCUT2D eigenvalue weighted by atomic mass is 16.2. The second-order valence-electron chi connectivity index (χ2n) is 4.37. The monoisotopic (exact) mass is 239 g/mol. The van der Waals surface area contributed by atoms with Gasteiger partial charge >= 0.3 is 5.69 Å². The number of nitrogens with two attached hydrogens (primary N) is 1. The van der Waals surface area contributed by atoms with E-state index in [1.54, 1.807) is 0 Å². The molecule has 1 atom stereocenters. The Hall–Kier alpha value is -1.52. The molecule has 1 aromatic rings. The Bertz CT molecular complexity index is 462. The number of aromatic amines is 1. The molecule has 1 aromatic heterocycles. The van der Waals surface area contributed by atoms with Crippen molar-refractivity contribution in [1.29, 1.82) is 0 Å². The molecule has 0 aromatic carbocycles. The van der Waals surface area contributed by atoms with Crippen molar-refractivity contribution in [3.8, 4) is 0 Å². The SMILES string of the molecule is CCCC(CC)CCn1c(N)cc(=O)[nH]c1=O. The number of aromatic nitrogens is 2. The van der Waals surface area contributed by atoms with Gasteiger partial charge in [-0.1, -0.05) is 33.1 Å². The summed E-state index contributed by atoms with van der Waals surface area (Å²) in [5.41, 5.74) is 4.81. The fourth-order valence-corrected chi connectivity index (χ4v) is 2.04. The van der Waals surface area contributed by atoms with Gasteiger partial charge in [-0.15, -0.1) is 0 Å². The van der Waals surface area contributed by atoms with E-state index in [0.717, 1.165) is 25.7 Å². The second-order valence-corrected chi connectivity index (χ2v) is 4.37. The van der Waals surface area contributed by atoms with E-state index >= 15 is 0 Å². The summed E-state index contributed by atoms with van der Waals surface area (Å²) in [6.45, 7) is 4.88. The quantitative estimate of drug-likeness (QED) is 0.786. The molecule has 1 rings (SSSR count). The Morgan fingerprint density at radius 1 is 1.35 bits per heavy atom. The molecule has 0 saturated heterocycles. The van der Waals surface area contributed by atoms with Gasteiger partial charge in [-0.2, -0.15) is 0 Å². The van der Waals surface area contributed by atoms with Gasteiger partial charge in [-0.25, -0.2) is 4.79 Å². The lowest BCUT2D eigenvalue weighted by Crippen LogP contribution is -2.31. The zero-order valence-electron chi connectivity index (χ0n) is 10.5. The predicted octanol–water partition coefficient (Wildman–Crippen LogP) is 1.34. The van der Waals surface area contributed by atoms with E-state index < -0.39 is 11.2 Å². The molecule has 0 aliphatic rings. The maximum absolute atomic E-state index is 11.5. The highest BCUT2D eigenvalue weighted by Crippen LogP contribution is 2.16. The number of hydrogen-bond donors (Lipinski definition) is 2. The van der Waals surface area contributed by atoms with Crippen molar-refractivity contribution in [3.05, 3.63) is 26.9 Å². The summed E-state index contributed by atoms with van der Waals surface area (Å²) in [4.78, 5) is 24.8. The molecule has 1 heterocycles. The smallest absolute Gasteiger partial charge is 0.329 e. The number of rotatable bonds is 6. The first-order chi connectivity index (χ1) is 8.08. The molecule has 0 aliphatic carbocycles. The topological polar surface area (TPSA) is 80.9 Å². The first-order valence-electron chi connectivity index (χ1n) is 6.18. The van der Waals surface area contributed by atoms with E-state index in [1.165, 1.54) is 10.6 Å². The van der Waals surface area contributed by atoms with E-state index in [1.807, 2.05) is 0 Å². The van der Waals surface area contributed by atoms with E-state index in [0.29, 0.717) is 12.5 Å². The van der Waals surface area contributed by atoms with E-state index in [4.69, 9.17) is 5.73 Å². The third kappa shape index (κ3) is 3.76. The molecule has 0 radical (unpaired) electrons. The normalized spacial score (nSPS) is 12.6. The largest absolute Gasteiger partial charge is 0.385 e. The summed E-state index contributed by atoms with van der Waals surface area (Å²) in [6.07, 6.45) is 4.33. The number of hydrogen-bond acceptors (Lipinski definition) is 3. The Kier molecular flexibility index (Phi) is 5.00. The number of nitrogens with one attached hydrogen (secondary N) is 1. The third-order valence-corrected chi connectivity index (χ3v) is 3.10. The van der Waals surface area contributed by atoms with Crippen LogP contribution in [0.15, 0.2) is 15.7 Å². The molecular weight excluding hydrogens is 218 g/mol. The minimum absolute atomic E-state index is 0.241. The minimum atomic E-state index is -0.440. The molecule has 96 valence electrons. The van der Waals surface area contributed by atoms with Crippen molar-refractivity contribution in [2.75, 3.05) is 5.73 Å². The van der Waals surface area contributed by atoms with Crippen LogP contribution in [0.1, 0.15) is 39.5 Å². The van der Waals surface area contributed by atoms with Gasteiger partial charge in [-0.05, 0) is 12.3 Å². The van der Waals surface area contributed by atoms with Gasteiger partial charge in [0.05, 0.1) is 0 Å². The molecule has 0 bridgehead atoms. The lowest BCUT2D eigenvalue weighted by molar-refractivity contribution is 0.399. The number of H-pyrrole nitrogens is 1. The maximum atomic E-state index is 11.5. The van der Waals surface area contributed by atoms with Gasteiger partial charge in [0, 0.05) is 12.6 Å². The van der Waals surface area contributed by atoms with Crippen LogP contribution < -0.4 is 17.0 Å². The average molecular weight is 239 g/mol. The number of nitrogen functional groups attached to an aromatic ring is 1. The van der Waals surface area contributed by atoms with Crippen molar-refractivity contribution in [2.45, 2.75) is 46.1 Å².